The van der Waals surface area contributed by atoms with Crippen LogP contribution in [0.4, 0.5) is 5.69 Å². The number of pyridine rings is 1. The van der Waals surface area contributed by atoms with Gasteiger partial charge in [0.25, 0.3) is 0 Å². The molecule has 1 aromatic heterocycles. The summed E-state index contributed by atoms with van der Waals surface area (Å²) in [6, 6.07) is 12.7. The monoisotopic (exact) mass is 226 g/mol. The zero-order valence-corrected chi connectivity index (χ0v) is 10.6. The van der Waals surface area contributed by atoms with Gasteiger partial charge in [0.1, 0.15) is 0 Å². The van der Waals surface area contributed by atoms with Gasteiger partial charge in [-0.1, -0.05) is 12.1 Å². The van der Waals surface area contributed by atoms with Crippen LogP contribution in [0.1, 0.15) is 18.3 Å². The van der Waals surface area contributed by atoms with Gasteiger partial charge in [0, 0.05) is 23.6 Å². The summed E-state index contributed by atoms with van der Waals surface area (Å²) in [4.78, 5) is 4.40. The van der Waals surface area contributed by atoms with E-state index in [0.29, 0.717) is 0 Å². The number of rotatable bonds is 3. The standard InChI is InChI=1S/C15H18N2/c1-4-16-15-7-5-6-13(10-15)14-8-11(2)17-12(3)9-14/h5-10,16H,4H2,1-3H3. The van der Waals surface area contributed by atoms with Crippen LogP contribution in [0.5, 0.6) is 0 Å². The molecule has 2 rings (SSSR count). The molecule has 0 aliphatic rings. The summed E-state index contributed by atoms with van der Waals surface area (Å²) in [6.07, 6.45) is 0. The molecule has 2 nitrogen and oxygen atoms in total. The van der Waals surface area contributed by atoms with Gasteiger partial charge in [-0.15, -0.1) is 0 Å². The molecule has 0 spiro atoms. The van der Waals surface area contributed by atoms with Crippen LogP contribution in [0, 0.1) is 13.8 Å². The van der Waals surface area contributed by atoms with Crippen molar-refractivity contribution in [2.45, 2.75) is 20.8 Å². The molecule has 0 saturated carbocycles. The molecule has 0 amide bonds. The van der Waals surface area contributed by atoms with Crippen LogP contribution in [0.15, 0.2) is 36.4 Å². The molecule has 1 aromatic carbocycles. The summed E-state index contributed by atoms with van der Waals surface area (Å²) in [5, 5.41) is 3.33. The lowest BCUT2D eigenvalue weighted by atomic mass is 10.0. The van der Waals surface area contributed by atoms with Crippen molar-refractivity contribution in [2.24, 2.45) is 0 Å². The number of hydrogen-bond acceptors (Lipinski definition) is 2. The number of aromatic nitrogens is 1. The Kier molecular flexibility index (Phi) is 3.43. The molecule has 0 fully saturated rings. The zero-order chi connectivity index (χ0) is 12.3. The number of hydrogen-bond donors (Lipinski definition) is 1. The minimum Gasteiger partial charge on any atom is -0.385 e. The second-order valence-electron chi connectivity index (χ2n) is 4.25. The van der Waals surface area contributed by atoms with Crippen molar-refractivity contribution in [2.75, 3.05) is 11.9 Å². The zero-order valence-electron chi connectivity index (χ0n) is 10.6. The lowest BCUT2D eigenvalue weighted by Gasteiger charge is -2.08. The molecule has 2 aromatic rings. The van der Waals surface area contributed by atoms with Crippen molar-refractivity contribution in [3.05, 3.63) is 47.8 Å². The molecule has 1 N–H and O–H groups in total. The van der Waals surface area contributed by atoms with Crippen LogP contribution < -0.4 is 5.32 Å². The maximum absolute atomic E-state index is 4.40. The van der Waals surface area contributed by atoms with Crippen LogP contribution in [0.2, 0.25) is 0 Å². The van der Waals surface area contributed by atoms with Crippen molar-refractivity contribution in [1.82, 2.24) is 4.98 Å². The van der Waals surface area contributed by atoms with Crippen molar-refractivity contribution in [3.8, 4) is 11.1 Å². The van der Waals surface area contributed by atoms with Crippen LogP contribution in [-0.4, -0.2) is 11.5 Å². The third-order valence-corrected chi connectivity index (χ3v) is 2.66. The first-order valence-corrected chi connectivity index (χ1v) is 5.98. The van der Waals surface area contributed by atoms with Crippen molar-refractivity contribution < 1.29 is 0 Å². The van der Waals surface area contributed by atoms with Gasteiger partial charge in [0.05, 0.1) is 0 Å². The highest BCUT2D eigenvalue weighted by molar-refractivity contribution is 5.68. The highest BCUT2D eigenvalue weighted by atomic mass is 14.8. The lowest BCUT2D eigenvalue weighted by Crippen LogP contribution is -1.96. The Bertz CT molecular complexity index is 498. The van der Waals surface area contributed by atoms with E-state index in [1.165, 1.54) is 11.1 Å². The van der Waals surface area contributed by atoms with E-state index in [-0.39, 0.29) is 0 Å². The smallest absolute Gasteiger partial charge is 0.0382 e. The molecule has 0 aliphatic heterocycles. The molecule has 0 saturated heterocycles. The lowest BCUT2D eigenvalue weighted by molar-refractivity contribution is 1.12. The second kappa shape index (κ2) is 5.00. The van der Waals surface area contributed by atoms with Crippen molar-refractivity contribution >= 4 is 5.69 Å². The van der Waals surface area contributed by atoms with E-state index in [2.05, 4.69) is 53.6 Å². The summed E-state index contributed by atoms with van der Waals surface area (Å²) < 4.78 is 0. The van der Waals surface area contributed by atoms with E-state index in [0.717, 1.165) is 23.6 Å². The molecule has 0 bridgehead atoms. The van der Waals surface area contributed by atoms with Crippen molar-refractivity contribution in [1.29, 1.82) is 0 Å². The Hall–Kier alpha value is -1.83. The van der Waals surface area contributed by atoms with E-state index >= 15 is 0 Å². The normalized spacial score (nSPS) is 10.3. The minimum atomic E-state index is 0.942. The van der Waals surface area contributed by atoms with E-state index in [1.807, 2.05) is 13.8 Å². The molecule has 2 heteroatoms. The molecule has 0 radical (unpaired) electrons. The molecule has 88 valence electrons. The van der Waals surface area contributed by atoms with Gasteiger partial charge in [0.2, 0.25) is 0 Å². The Morgan fingerprint density at radius 2 is 1.71 bits per heavy atom. The number of nitrogens with one attached hydrogen (secondary N) is 1. The Morgan fingerprint density at radius 1 is 1.00 bits per heavy atom. The van der Waals surface area contributed by atoms with Gasteiger partial charge in [-0.25, -0.2) is 0 Å². The van der Waals surface area contributed by atoms with Gasteiger partial charge < -0.3 is 5.32 Å². The highest BCUT2D eigenvalue weighted by Crippen LogP contribution is 2.23. The molecule has 0 aliphatic carbocycles. The van der Waals surface area contributed by atoms with Crippen molar-refractivity contribution in [3.63, 3.8) is 0 Å². The summed E-state index contributed by atoms with van der Waals surface area (Å²) in [5.74, 6) is 0. The van der Waals surface area contributed by atoms with E-state index in [9.17, 15) is 0 Å². The number of aryl methyl sites for hydroxylation is 2. The summed E-state index contributed by atoms with van der Waals surface area (Å²) in [5.41, 5.74) is 5.76. The van der Waals surface area contributed by atoms with Gasteiger partial charge >= 0.3 is 0 Å². The molecule has 0 atom stereocenters. The maximum Gasteiger partial charge on any atom is 0.0382 e. The fraction of sp³-hybridized carbons (Fsp3) is 0.267. The highest BCUT2D eigenvalue weighted by Gasteiger charge is 2.01. The van der Waals surface area contributed by atoms with Gasteiger partial charge in [-0.2, -0.15) is 0 Å². The Balaban J connectivity index is 2.41. The topological polar surface area (TPSA) is 24.9 Å². The minimum absolute atomic E-state index is 0.942. The fourth-order valence-electron chi connectivity index (χ4n) is 2.01. The first kappa shape index (κ1) is 11.6. The van der Waals surface area contributed by atoms with Gasteiger partial charge in [-0.05, 0) is 56.2 Å². The maximum atomic E-state index is 4.40. The number of benzene rings is 1. The summed E-state index contributed by atoms with van der Waals surface area (Å²) >= 11 is 0. The van der Waals surface area contributed by atoms with Gasteiger partial charge in [0.15, 0.2) is 0 Å². The number of nitrogens with zero attached hydrogens (tertiary/aromatic N) is 1. The quantitative estimate of drug-likeness (QED) is 0.861. The van der Waals surface area contributed by atoms with Gasteiger partial charge in [-0.3, -0.25) is 4.98 Å². The summed E-state index contributed by atoms with van der Waals surface area (Å²) in [6.45, 7) is 7.11. The molecule has 17 heavy (non-hydrogen) atoms. The SMILES string of the molecule is CCNc1cccc(-c2cc(C)nc(C)c2)c1. The Labute approximate surface area is 103 Å². The van der Waals surface area contributed by atoms with Crippen LogP contribution in [0.3, 0.4) is 0 Å². The average Bonchev–Trinajstić information content (AvgIpc) is 2.28. The first-order chi connectivity index (χ1) is 8.19. The predicted molar refractivity (Wildman–Crippen MR) is 73.3 cm³/mol. The first-order valence-electron chi connectivity index (χ1n) is 5.98. The molecule has 0 unspecified atom stereocenters. The average molecular weight is 226 g/mol. The van der Waals surface area contributed by atoms with E-state index in [4.69, 9.17) is 0 Å². The summed E-state index contributed by atoms with van der Waals surface area (Å²) in [7, 11) is 0. The molecular formula is C15H18N2. The van der Waals surface area contributed by atoms with E-state index < -0.39 is 0 Å². The third-order valence-electron chi connectivity index (χ3n) is 2.66. The van der Waals surface area contributed by atoms with Crippen LogP contribution >= 0.6 is 0 Å². The second-order valence-corrected chi connectivity index (χ2v) is 4.25. The van der Waals surface area contributed by atoms with Crippen LogP contribution in [-0.2, 0) is 0 Å². The van der Waals surface area contributed by atoms with E-state index in [1.54, 1.807) is 0 Å². The molecule has 1 heterocycles. The largest absolute Gasteiger partial charge is 0.385 e. The molecular weight excluding hydrogens is 208 g/mol. The number of anilines is 1. The fourth-order valence-corrected chi connectivity index (χ4v) is 2.01. The van der Waals surface area contributed by atoms with Crippen LogP contribution in [0.25, 0.3) is 11.1 Å². The Morgan fingerprint density at radius 3 is 2.35 bits per heavy atom. The predicted octanol–water partition coefficient (Wildman–Crippen LogP) is 3.80. The third kappa shape index (κ3) is 2.84.